The van der Waals surface area contributed by atoms with Crippen molar-refractivity contribution in [2.75, 3.05) is 29.7 Å². The van der Waals surface area contributed by atoms with Crippen molar-refractivity contribution in [3.63, 3.8) is 0 Å². The molecule has 4 atom stereocenters. The largest absolute Gasteiger partial charge is 0.502 e. The molecule has 0 spiro atoms. The summed E-state index contributed by atoms with van der Waals surface area (Å²) >= 11 is 0. The van der Waals surface area contributed by atoms with E-state index in [1.165, 1.54) is 27.9 Å². The normalized spacial score (nSPS) is 25.5. The molecule has 7 rings (SSSR count). The second-order valence-corrected chi connectivity index (χ2v) is 9.67. The number of halogens is 4. The van der Waals surface area contributed by atoms with E-state index in [4.69, 9.17) is 4.74 Å². The quantitative estimate of drug-likeness (QED) is 0.387. The van der Waals surface area contributed by atoms with Crippen molar-refractivity contribution in [3.05, 3.63) is 92.4 Å². The number of anilines is 1. The van der Waals surface area contributed by atoms with Gasteiger partial charge in [0.15, 0.2) is 29.2 Å². The van der Waals surface area contributed by atoms with Gasteiger partial charge in [0.05, 0.1) is 18.9 Å². The van der Waals surface area contributed by atoms with Crippen LogP contribution in [0.25, 0.3) is 0 Å². The van der Waals surface area contributed by atoms with E-state index < -0.39 is 59.9 Å². The third-order valence-electron chi connectivity index (χ3n) is 7.81. The monoisotopic (exact) mass is 528 g/mol. The molecule has 0 radical (unpaired) electrons. The molecule has 0 aliphatic carbocycles. The smallest absolute Gasteiger partial charge is 0.278 e. The van der Waals surface area contributed by atoms with Crippen molar-refractivity contribution in [1.29, 1.82) is 0 Å². The molecule has 4 aliphatic rings. The molecule has 0 saturated carbocycles. The zero-order valence-electron chi connectivity index (χ0n) is 19.7. The van der Waals surface area contributed by atoms with Gasteiger partial charge in [-0.2, -0.15) is 0 Å². The highest BCUT2D eigenvalue weighted by Gasteiger charge is 2.50. The standard InChI is InChI=1S/C26H20F4N4O4/c27-16-5-4-12-15(19(16)28)10-32-21-13(20(29)25(32)30)2-1-3-14(21)22(12)34-18-11-38-9-8-31(18)26(37)23-24(36)17(35)6-7-33(23)34/h1-7,18,20,22,25,36H,8-11H2. The Labute approximate surface area is 212 Å². The van der Waals surface area contributed by atoms with Gasteiger partial charge in [0.2, 0.25) is 11.7 Å². The first-order chi connectivity index (χ1) is 18.3. The van der Waals surface area contributed by atoms with Crippen molar-refractivity contribution < 1.29 is 32.2 Å². The molecule has 3 aromatic rings. The fourth-order valence-corrected chi connectivity index (χ4v) is 6.13. The highest BCUT2D eigenvalue weighted by Crippen LogP contribution is 2.52. The number of aromatic nitrogens is 1. The Balaban J connectivity index is 1.57. The summed E-state index contributed by atoms with van der Waals surface area (Å²) in [7, 11) is 0. The molecule has 38 heavy (non-hydrogen) atoms. The van der Waals surface area contributed by atoms with Crippen LogP contribution in [0.5, 0.6) is 5.75 Å². The maximum absolute atomic E-state index is 15.4. The number of hydrogen-bond acceptors (Lipinski definition) is 6. The van der Waals surface area contributed by atoms with Crippen molar-refractivity contribution in [1.82, 2.24) is 9.58 Å². The van der Waals surface area contributed by atoms with Crippen LogP contribution in [-0.4, -0.2) is 52.8 Å². The van der Waals surface area contributed by atoms with E-state index in [1.54, 1.807) is 17.1 Å². The lowest BCUT2D eigenvalue weighted by Gasteiger charge is -2.51. The number of ether oxygens (including phenoxy) is 1. The summed E-state index contributed by atoms with van der Waals surface area (Å²) in [5.41, 5.74) is -0.307. The Morgan fingerprint density at radius 1 is 0.974 bits per heavy atom. The van der Waals surface area contributed by atoms with E-state index in [1.807, 2.05) is 0 Å². The van der Waals surface area contributed by atoms with Crippen LogP contribution in [0.2, 0.25) is 0 Å². The van der Waals surface area contributed by atoms with E-state index in [0.29, 0.717) is 5.56 Å². The Hall–Kier alpha value is -4.06. The number of alkyl halides is 2. The second-order valence-electron chi connectivity index (χ2n) is 9.67. The number of carbonyl (C=O) groups excluding carboxylic acids is 1. The van der Waals surface area contributed by atoms with Gasteiger partial charge in [-0.25, -0.2) is 17.6 Å². The molecular weight excluding hydrogens is 508 g/mol. The van der Waals surface area contributed by atoms with Crippen LogP contribution < -0.4 is 15.3 Å². The molecule has 0 bridgehead atoms. The number of amides is 1. The fraction of sp³-hybridized carbons (Fsp3) is 0.308. The predicted octanol–water partition coefficient (Wildman–Crippen LogP) is 3.01. The van der Waals surface area contributed by atoms with Crippen LogP contribution in [0.15, 0.2) is 47.4 Å². The number of carbonyl (C=O) groups is 1. The van der Waals surface area contributed by atoms with Gasteiger partial charge in [0, 0.05) is 42.0 Å². The SMILES string of the molecule is O=C1c2c(O)c(=O)ccn2N(C2c3ccc(F)c(F)c3CN3c4c(cccc42)C(F)C3F)C2COCCN12. The highest BCUT2D eigenvalue weighted by atomic mass is 19.2. The van der Waals surface area contributed by atoms with Gasteiger partial charge < -0.3 is 19.6 Å². The minimum absolute atomic E-state index is 0.0176. The first-order valence-electron chi connectivity index (χ1n) is 12.1. The van der Waals surface area contributed by atoms with Crippen LogP contribution in [0.1, 0.15) is 45.0 Å². The molecule has 8 nitrogen and oxygen atoms in total. The lowest BCUT2D eigenvalue weighted by Crippen LogP contribution is -2.66. The summed E-state index contributed by atoms with van der Waals surface area (Å²) < 4.78 is 67.3. The Kier molecular flexibility index (Phi) is 4.84. The van der Waals surface area contributed by atoms with Crippen LogP contribution in [0, 0.1) is 11.6 Å². The predicted molar refractivity (Wildman–Crippen MR) is 126 cm³/mol. The summed E-state index contributed by atoms with van der Waals surface area (Å²) in [6, 6.07) is 7.07. The molecule has 4 unspecified atom stereocenters. The van der Waals surface area contributed by atoms with Crippen LogP contribution >= 0.6 is 0 Å². The minimum Gasteiger partial charge on any atom is -0.502 e. The summed E-state index contributed by atoms with van der Waals surface area (Å²) in [4.78, 5) is 28.3. The van der Waals surface area contributed by atoms with Gasteiger partial charge in [-0.3, -0.25) is 19.3 Å². The second kappa shape index (κ2) is 7.97. The molecule has 1 N–H and O–H groups in total. The van der Waals surface area contributed by atoms with Gasteiger partial charge in [-0.15, -0.1) is 0 Å². The molecule has 196 valence electrons. The summed E-state index contributed by atoms with van der Waals surface area (Å²) in [6.45, 7) is -0.0701. The minimum atomic E-state index is -2.12. The zero-order valence-corrected chi connectivity index (χ0v) is 19.7. The molecule has 4 aliphatic heterocycles. The number of benzene rings is 2. The van der Waals surface area contributed by atoms with Gasteiger partial charge >= 0.3 is 0 Å². The topological polar surface area (TPSA) is 78.2 Å². The number of pyridine rings is 1. The molecule has 1 saturated heterocycles. The van der Waals surface area contributed by atoms with Crippen molar-refractivity contribution in [3.8, 4) is 5.75 Å². The molecule has 1 fully saturated rings. The number of hydrogen-bond donors (Lipinski definition) is 1. The molecule has 1 amide bonds. The Morgan fingerprint density at radius 2 is 1.76 bits per heavy atom. The first kappa shape index (κ1) is 23.1. The molecule has 1 aromatic heterocycles. The zero-order chi connectivity index (χ0) is 26.5. The van der Waals surface area contributed by atoms with Gasteiger partial charge in [0.1, 0.15) is 12.2 Å². The highest BCUT2D eigenvalue weighted by molar-refractivity contribution is 5.96. The average molecular weight is 528 g/mol. The number of aromatic hydroxyl groups is 1. The third kappa shape index (κ3) is 2.89. The molecule has 5 heterocycles. The maximum atomic E-state index is 15.4. The Morgan fingerprint density at radius 3 is 2.58 bits per heavy atom. The lowest BCUT2D eigenvalue weighted by atomic mass is 9.91. The van der Waals surface area contributed by atoms with Crippen LogP contribution in [0.3, 0.4) is 0 Å². The summed E-state index contributed by atoms with van der Waals surface area (Å²) in [5, 5.41) is 12.3. The van der Waals surface area contributed by atoms with Crippen molar-refractivity contribution in [2.45, 2.75) is 31.2 Å². The van der Waals surface area contributed by atoms with E-state index in [0.717, 1.165) is 17.0 Å². The van der Waals surface area contributed by atoms with E-state index in [9.17, 15) is 19.1 Å². The fourth-order valence-electron chi connectivity index (χ4n) is 6.13. The number of rotatable bonds is 1. The van der Waals surface area contributed by atoms with Gasteiger partial charge in [-0.05, 0) is 11.6 Å². The molecule has 12 heteroatoms. The van der Waals surface area contributed by atoms with E-state index in [-0.39, 0.29) is 47.8 Å². The van der Waals surface area contributed by atoms with E-state index in [2.05, 4.69) is 0 Å². The number of para-hydroxylation sites is 1. The van der Waals surface area contributed by atoms with E-state index >= 15 is 13.2 Å². The Bertz CT molecular complexity index is 1580. The number of fused-ring (bicyclic) bond motifs is 3. The lowest BCUT2D eigenvalue weighted by molar-refractivity contribution is -0.0196. The summed E-state index contributed by atoms with van der Waals surface area (Å²) in [5.74, 6) is -3.70. The van der Waals surface area contributed by atoms with Crippen LogP contribution in [-0.2, 0) is 11.3 Å². The number of morpholine rings is 1. The van der Waals surface area contributed by atoms with Crippen molar-refractivity contribution in [2.24, 2.45) is 0 Å². The van der Waals surface area contributed by atoms with Crippen molar-refractivity contribution >= 4 is 11.6 Å². The average Bonchev–Trinajstić information content (AvgIpc) is 3.07. The maximum Gasteiger partial charge on any atom is 0.278 e. The number of nitrogens with zero attached hydrogens (tertiary/aromatic N) is 4. The first-order valence-corrected chi connectivity index (χ1v) is 12.1. The van der Waals surface area contributed by atoms with Gasteiger partial charge in [0.25, 0.3) is 5.91 Å². The molecule has 2 aromatic carbocycles. The third-order valence-corrected chi connectivity index (χ3v) is 7.81. The van der Waals surface area contributed by atoms with Crippen LogP contribution in [0.4, 0.5) is 23.2 Å². The summed E-state index contributed by atoms with van der Waals surface area (Å²) in [6.07, 6.45) is -3.62. The molecular formula is C26H20F4N4O4. The van der Waals surface area contributed by atoms with Gasteiger partial charge in [-0.1, -0.05) is 24.3 Å².